The minimum absolute atomic E-state index is 0.164. The minimum atomic E-state index is -4.71. The molecule has 0 saturated carbocycles. The lowest BCUT2D eigenvalue weighted by molar-refractivity contribution is -0.161. The molecular formula is C49H94NO10P. The second kappa shape index (κ2) is 44.8. The van der Waals surface area contributed by atoms with Gasteiger partial charge in [0.05, 0.1) is 13.2 Å². The minimum Gasteiger partial charge on any atom is -0.480 e. The third-order valence-corrected chi connectivity index (χ3v) is 12.4. The van der Waals surface area contributed by atoms with Crippen molar-refractivity contribution in [3.63, 3.8) is 0 Å². The van der Waals surface area contributed by atoms with Crippen LogP contribution in [-0.2, 0) is 37.5 Å². The first-order valence-electron chi connectivity index (χ1n) is 25.2. The highest BCUT2D eigenvalue weighted by Crippen LogP contribution is 2.43. The molecule has 0 aliphatic carbocycles. The average molecular weight is 888 g/mol. The van der Waals surface area contributed by atoms with Crippen molar-refractivity contribution >= 4 is 25.7 Å². The van der Waals surface area contributed by atoms with E-state index < -0.39 is 51.1 Å². The summed E-state index contributed by atoms with van der Waals surface area (Å²) >= 11 is 0. The second-order valence-electron chi connectivity index (χ2n) is 17.4. The first-order valence-corrected chi connectivity index (χ1v) is 26.7. The number of nitrogens with two attached hydrogens (primary N) is 1. The Hall–Kier alpha value is -1.78. The summed E-state index contributed by atoms with van der Waals surface area (Å²) in [5.41, 5.74) is 5.35. The fourth-order valence-corrected chi connectivity index (χ4v) is 8.24. The maximum absolute atomic E-state index is 12.7. The number of unbranched alkanes of at least 4 members (excludes halogenated alkanes) is 34. The third kappa shape index (κ3) is 44.6. The van der Waals surface area contributed by atoms with Crippen molar-refractivity contribution in [3.05, 3.63) is 12.7 Å². The zero-order valence-corrected chi connectivity index (χ0v) is 40.0. The number of phosphoric ester groups is 1. The van der Waals surface area contributed by atoms with E-state index in [4.69, 9.17) is 24.8 Å². The molecule has 0 aromatic carbocycles. The van der Waals surface area contributed by atoms with Crippen molar-refractivity contribution in [1.29, 1.82) is 0 Å². The summed E-state index contributed by atoms with van der Waals surface area (Å²) in [5, 5.41) is 8.91. The number of phosphoric acid groups is 1. The van der Waals surface area contributed by atoms with Crippen molar-refractivity contribution in [2.75, 3.05) is 19.8 Å². The van der Waals surface area contributed by atoms with Gasteiger partial charge in [0.15, 0.2) is 6.10 Å². The lowest BCUT2D eigenvalue weighted by atomic mass is 10.0. The summed E-state index contributed by atoms with van der Waals surface area (Å²) in [6, 6.07) is -1.52. The molecule has 0 heterocycles. The molecule has 3 atom stereocenters. The van der Waals surface area contributed by atoms with Crippen LogP contribution in [0.3, 0.4) is 0 Å². The van der Waals surface area contributed by atoms with Gasteiger partial charge in [-0.25, -0.2) is 4.57 Å². The zero-order valence-electron chi connectivity index (χ0n) is 39.1. The molecule has 0 aromatic heterocycles. The van der Waals surface area contributed by atoms with Gasteiger partial charge in [0.25, 0.3) is 0 Å². The number of hydrogen-bond donors (Lipinski definition) is 3. The highest BCUT2D eigenvalue weighted by molar-refractivity contribution is 7.47. The number of allylic oxidation sites excluding steroid dienone is 1. The summed E-state index contributed by atoms with van der Waals surface area (Å²) in [6.07, 6.45) is 46.0. The highest BCUT2D eigenvalue weighted by atomic mass is 31.2. The number of carboxylic acids is 1. The normalized spacial score (nSPS) is 13.4. The van der Waals surface area contributed by atoms with E-state index in [9.17, 15) is 23.8 Å². The van der Waals surface area contributed by atoms with Gasteiger partial charge >= 0.3 is 25.7 Å². The quantitative estimate of drug-likeness (QED) is 0.0230. The van der Waals surface area contributed by atoms with E-state index in [1.807, 2.05) is 6.08 Å². The van der Waals surface area contributed by atoms with E-state index in [0.29, 0.717) is 12.8 Å². The summed E-state index contributed by atoms with van der Waals surface area (Å²) in [5.74, 6) is -2.36. The average Bonchev–Trinajstić information content (AvgIpc) is 3.24. The van der Waals surface area contributed by atoms with Crippen LogP contribution in [0.1, 0.15) is 251 Å². The van der Waals surface area contributed by atoms with Crippen molar-refractivity contribution in [3.8, 4) is 0 Å². The van der Waals surface area contributed by atoms with Gasteiger partial charge in [0.2, 0.25) is 0 Å². The van der Waals surface area contributed by atoms with Crippen LogP contribution in [0.2, 0.25) is 0 Å². The standard InChI is InChI=1S/C49H94NO10P/c1-3-5-7-9-11-13-15-17-19-20-21-22-23-24-25-27-28-30-32-34-36-38-40-47(51)57-42-45(43-58-61(55,56)59-44-46(50)49(53)54)60-48(52)41-39-37-35-33-31-29-26-18-16-14-12-10-8-6-4-2/h4,45-46H,2-3,5-44,50H2,1H3,(H,53,54)(H,55,56)/t45-,46+/m0/s1. The molecule has 0 saturated heterocycles. The Morgan fingerprint density at radius 1 is 0.525 bits per heavy atom. The van der Waals surface area contributed by atoms with Gasteiger partial charge in [-0.3, -0.25) is 23.4 Å². The number of carboxylic acid groups (broad SMARTS) is 1. The molecule has 0 bridgehead atoms. The smallest absolute Gasteiger partial charge is 0.472 e. The molecule has 1 unspecified atom stereocenters. The number of carbonyl (C=O) groups is 3. The maximum Gasteiger partial charge on any atom is 0.472 e. The molecule has 12 heteroatoms. The number of esters is 2. The van der Waals surface area contributed by atoms with E-state index in [2.05, 4.69) is 18.0 Å². The van der Waals surface area contributed by atoms with Crippen LogP contribution in [0, 0.1) is 0 Å². The van der Waals surface area contributed by atoms with E-state index in [0.717, 1.165) is 44.9 Å². The van der Waals surface area contributed by atoms with Gasteiger partial charge < -0.3 is 25.2 Å². The Balaban J connectivity index is 4.16. The Morgan fingerprint density at radius 3 is 1.21 bits per heavy atom. The van der Waals surface area contributed by atoms with Crippen molar-refractivity contribution in [2.45, 2.75) is 263 Å². The monoisotopic (exact) mass is 888 g/mol. The summed E-state index contributed by atoms with van der Waals surface area (Å²) in [6.45, 7) is 4.38. The summed E-state index contributed by atoms with van der Waals surface area (Å²) in [4.78, 5) is 46.1. The topological polar surface area (TPSA) is 172 Å². The molecule has 0 radical (unpaired) electrons. The summed E-state index contributed by atoms with van der Waals surface area (Å²) < 4.78 is 32.8. The lowest BCUT2D eigenvalue weighted by Crippen LogP contribution is -2.34. The Morgan fingerprint density at radius 2 is 0.852 bits per heavy atom. The number of ether oxygens (including phenoxy) is 2. The molecule has 0 amide bonds. The fraction of sp³-hybridized carbons (Fsp3) is 0.898. The lowest BCUT2D eigenvalue weighted by Gasteiger charge is -2.20. The molecule has 0 aliphatic rings. The van der Waals surface area contributed by atoms with E-state index in [1.54, 1.807) is 0 Å². The van der Waals surface area contributed by atoms with Crippen LogP contribution in [0.25, 0.3) is 0 Å². The zero-order chi connectivity index (χ0) is 44.9. The fourth-order valence-electron chi connectivity index (χ4n) is 7.46. The van der Waals surface area contributed by atoms with Gasteiger partial charge in [-0.2, -0.15) is 0 Å². The van der Waals surface area contributed by atoms with Crippen molar-refractivity contribution in [2.24, 2.45) is 5.73 Å². The Kier molecular flexibility index (Phi) is 43.5. The largest absolute Gasteiger partial charge is 0.480 e. The predicted octanol–water partition coefficient (Wildman–Crippen LogP) is 14.0. The van der Waals surface area contributed by atoms with Crippen molar-refractivity contribution < 1.29 is 47.5 Å². The maximum atomic E-state index is 12.7. The molecule has 11 nitrogen and oxygen atoms in total. The molecule has 360 valence electrons. The molecule has 0 spiro atoms. The van der Waals surface area contributed by atoms with Crippen molar-refractivity contribution in [1.82, 2.24) is 0 Å². The van der Waals surface area contributed by atoms with E-state index >= 15 is 0 Å². The van der Waals surface area contributed by atoms with Gasteiger partial charge in [-0.1, -0.05) is 218 Å². The van der Waals surface area contributed by atoms with Crippen LogP contribution in [-0.4, -0.2) is 59.9 Å². The Bertz CT molecular complexity index is 1080. The first kappa shape index (κ1) is 59.2. The van der Waals surface area contributed by atoms with Crippen LogP contribution >= 0.6 is 7.82 Å². The van der Waals surface area contributed by atoms with Crippen LogP contribution in [0.15, 0.2) is 12.7 Å². The molecule has 61 heavy (non-hydrogen) atoms. The highest BCUT2D eigenvalue weighted by Gasteiger charge is 2.28. The van der Waals surface area contributed by atoms with E-state index in [1.165, 1.54) is 173 Å². The number of rotatable bonds is 49. The van der Waals surface area contributed by atoms with Gasteiger partial charge in [0, 0.05) is 12.8 Å². The van der Waals surface area contributed by atoms with Crippen LogP contribution < -0.4 is 5.73 Å². The molecular weight excluding hydrogens is 794 g/mol. The molecule has 0 fully saturated rings. The molecule has 0 aromatic rings. The molecule has 4 N–H and O–H groups in total. The van der Waals surface area contributed by atoms with Gasteiger partial charge in [-0.05, 0) is 25.7 Å². The van der Waals surface area contributed by atoms with Crippen LogP contribution in [0.4, 0.5) is 0 Å². The second-order valence-corrected chi connectivity index (χ2v) is 18.9. The van der Waals surface area contributed by atoms with E-state index in [-0.39, 0.29) is 19.4 Å². The third-order valence-electron chi connectivity index (χ3n) is 11.4. The Labute approximate surface area is 373 Å². The van der Waals surface area contributed by atoms with Gasteiger partial charge in [0.1, 0.15) is 12.6 Å². The predicted molar refractivity (Wildman–Crippen MR) is 249 cm³/mol. The molecule has 0 rings (SSSR count). The number of hydrogen-bond acceptors (Lipinski definition) is 9. The number of aliphatic carboxylic acids is 1. The van der Waals surface area contributed by atoms with Crippen LogP contribution in [0.5, 0.6) is 0 Å². The first-order chi connectivity index (χ1) is 29.6. The number of carbonyl (C=O) groups excluding carboxylic acids is 2. The summed E-state index contributed by atoms with van der Waals surface area (Å²) in [7, 11) is -4.71. The molecule has 0 aliphatic heterocycles. The van der Waals surface area contributed by atoms with Gasteiger partial charge in [-0.15, -0.1) is 6.58 Å². The SMILES string of the molecule is C=CCCCCCCCCCCCCCCCC(=O)O[C@@H](COC(=O)CCCCCCCCCCCCCCCCCCCCCCCC)COP(=O)(O)OC[C@@H](N)C(=O)O.